The van der Waals surface area contributed by atoms with Crippen LogP contribution >= 0.6 is 0 Å². The summed E-state index contributed by atoms with van der Waals surface area (Å²) >= 11 is 0. The monoisotopic (exact) mass is 302 g/mol. The molecule has 0 bridgehead atoms. The molecular formula is C16H18N2O4. The Labute approximate surface area is 128 Å². The highest BCUT2D eigenvalue weighted by atomic mass is 16.2. The van der Waals surface area contributed by atoms with E-state index in [1.165, 1.54) is 11.8 Å². The zero-order valence-electron chi connectivity index (χ0n) is 12.4. The van der Waals surface area contributed by atoms with Crippen LogP contribution in [0.2, 0.25) is 0 Å². The molecule has 1 aliphatic heterocycles. The molecule has 22 heavy (non-hydrogen) atoms. The van der Waals surface area contributed by atoms with Crippen LogP contribution in [0.5, 0.6) is 0 Å². The van der Waals surface area contributed by atoms with E-state index in [2.05, 4.69) is 5.32 Å². The summed E-state index contributed by atoms with van der Waals surface area (Å²) in [5, 5.41) is 2.63. The summed E-state index contributed by atoms with van der Waals surface area (Å²) in [6.07, 6.45) is 0.923. The van der Waals surface area contributed by atoms with Crippen molar-refractivity contribution in [1.29, 1.82) is 0 Å². The van der Waals surface area contributed by atoms with Crippen LogP contribution < -0.4 is 5.32 Å². The molecule has 0 aromatic heterocycles. The molecular weight excluding hydrogens is 284 g/mol. The molecule has 1 aromatic carbocycles. The number of benzene rings is 1. The van der Waals surface area contributed by atoms with Gasteiger partial charge in [0.05, 0.1) is 11.1 Å². The number of carbonyl (C=O) groups is 4. The van der Waals surface area contributed by atoms with Crippen LogP contribution in [0, 0.1) is 0 Å². The molecule has 0 fully saturated rings. The molecule has 1 N–H and O–H groups in total. The summed E-state index contributed by atoms with van der Waals surface area (Å²) in [6.45, 7) is 2.00. The van der Waals surface area contributed by atoms with Crippen LogP contribution in [-0.4, -0.2) is 41.5 Å². The first kappa shape index (κ1) is 15.9. The van der Waals surface area contributed by atoms with Gasteiger partial charge in [0, 0.05) is 25.9 Å². The van der Waals surface area contributed by atoms with Crippen LogP contribution in [0.1, 0.15) is 46.9 Å². The first-order valence-electron chi connectivity index (χ1n) is 7.22. The highest BCUT2D eigenvalue weighted by Gasteiger charge is 2.34. The maximum Gasteiger partial charge on any atom is 0.261 e. The van der Waals surface area contributed by atoms with Crippen molar-refractivity contribution in [3.63, 3.8) is 0 Å². The van der Waals surface area contributed by atoms with Gasteiger partial charge in [0.2, 0.25) is 5.91 Å². The van der Waals surface area contributed by atoms with E-state index in [1.807, 2.05) is 0 Å². The van der Waals surface area contributed by atoms with Crippen LogP contribution in [0.3, 0.4) is 0 Å². The van der Waals surface area contributed by atoms with Gasteiger partial charge in [0.25, 0.3) is 11.8 Å². The summed E-state index contributed by atoms with van der Waals surface area (Å²) in [6, 6.07) is 6.69. The lowest BCUT2D eigenvalue weighted by atomic mass is 10.1. The fourth-order valence-electron chi connectivity index (χ4n) is 2.31. The SMILES string of the molecule is CC(=O)CCNC(=O)CCCN1C(=O)c2ccccc2C1=O. The Morgan fingerprint density at radius 2 is 1.64 bits per heavy atom. The minimum absolute atomic E-state index is 0.0197. The predicted octanol–water partition coefficient (Wildman–Crippen LogP) is 1.16. The highest BCUT2D eigenvalue weighted by molar-refractivity contribution is 6.21. The lowest BCUT2D eigenvalue weighted by molar-refractivity contribution is -0.121. The second-order valence-corrected chi connectivity index (χ2v) is 5.21. The summed E-state index contributed by atoms with van der Waals surface area (Å²) in [4.78, 5) is 47.7. The van der Waals surface area contributed by atoms with Crippen LogP contribution in [0.25, 0.3) is 0 Å². The Kier molecular flexibility index (Phi) is 5.04. The second-order valence-electron chi connectivity index (χ2n) is 5.21. The largest absolute Gasteiger partial charge is 0.356 e. The third-order valence-electron chi connectivity index (χ3n) is 3.46. The topological polar surface area (TPSA) is 83.6 Å². The zero-order chi connectivity index (χ0) is 16.1. The van der Waals surface area contributed by atoms with Crippen LogP contribution in [-0.2, 0) is 9.59 Å². The van der Waals surface area contributed by atoms with E-state index in [9.17, 15) is 19.2 Å². The third kappa shape index (κ3) is 3.58. The Bertz CT molecular complexity index is 589. The van der Waals surface area contributed by atoms with Gasteiger partial charge in [0.1, 0.15) is 5.78 Å². The molecule has 6 nitrogen and oxygen atoms in total. The van der Waals surface area contributed by atoms with Gasteiger partial charge in [-0.25, -0.2) is 0 Å². The average Bonchev–Trinajstić information content (AvgIpc) is 2.72. The zero-order valence-corrected chi connectivity index (χ0v) is 12.4. The molecule has 1 heterocycles. The standard InChI is InChI=1S/C16H18N2O4/c1-11(19)8-9-17-14(20)7-4-10-18-15(21)12-5-2-3-6-13(12)16(18)22/h2-3,5-6H,4,7-10H2,1H3,(H,17,20). The second kappa shape index (κ2) is 6.98. The van der Waals surface area contributed by atoms with Crippen molar-refractivity contribution in [1.82, 2.24) is 10.2 Å². The molecule has 0 aliphatic carbocycles. The molecule has 0 unspecified atom stereocenters. The van der Waals surface area contributed by atoms with Crippen molar-refractivity contribution in [2.75, 3.05) is 13.1 Å². The first-order valence-corrected chi connectivity index (χ1v) is 7.22. The third-order valence-corrected chi connectivity index (χ3v) is 3.46. The maximum atomic E-state index is 12.1. The fourth-order valence-corrected chi connectivity index (χ4v) is 2.31. The number of amides is 3. The van der Waals surface area contributed by atoms with E-state index in [0.29, 0.717) is 30.5 Å². The van der Waals surface area contributed by atoms with Gasteiger partial charge in [0.15, 0.2) is 0 Å². The number of rotatable bonds is 7. The number of fused-ring (bicyclic) bond motifs is 1. The molecule has 6 heteroatoms. The van der Waals surface area contributed by atoms with Gasteiger partial charge < -0.3 is 5.32 Å². The van der Waals surface area contributed by atoms with Gasteiger partial charge in [-0.3, -0.25) is 24.1 Å². The molecule has 116 valence electrons. The van der Waals surface area contributed by atoms with Crippen LogP contribution in [0.15, 0.2) is 24.3 Å². The summed E-state index contributed by atoms with van der Waals surface area (Å²) in [5.41, 5.74) is 0.830. The van der Waals surface area contributed by atoms with Gasteiger partial charge in [-0.05, 0) is 25.5 Å². The molecule has 3 amide bonds. The van der Waals surface area contributed by atoms with E-state index in [0.717, 1.165) is 0 Å². The quantitative estimate of drug-likeness (QED) is 0.766. The fraction of sp³-hybridized carbons (Fsp3) is 0.375. The minimum Gasteiger partial charge on any atom is -0.356 e. The van der Waals surface area contributed by atoms with E-state index < -0.39 is 0 Å². The number of ketones is 1. The smallest absolute Gasteiger partial charge is 0.261 e. The Balaban J connectivity index is 1.79. The first-order chi connectivity index (χ1) is 10.5. The Morgan fingerprint density at radius 1 is 1.05 bits per heavy atom. The van der Waals surface area contributed by atoms with Crippen molar-refractivity contribution in [2.24, 2.45) is 0 Å². The van der Waals surface area contributed by atoms with Crippen molar-refractivity contribution in [3.05, 3.63) is 35.4 Å². The van der Waals surface area contributed by atoms with Gasteiger partial charge in [-0.2, -0.15) is 0 Å². The molecule has 0 radical (unpaired) electrons. The molecule has 0 spiro atoms. The number of Topliss-reactive ketones (excluding diaryl/α,β-unsaturated/α-hetero) is 1. The number of carbonyl (C=O) groups excluding carboxylic acids is 4. The van der Waals surface area contributed by atoms with Crippen molar-refractivity contribution < 1.29 is 19.2 Å². The Hall–Kier alpha value is -2.50. The lowest BCUT2D eigenvalue weighted by Crippen LogP contribution is -2.32. The molecule has 0 atom stereocenters. The van der Waals surface area contributed by atoms with Gasteiger partial charge in [-0.15, -0.1) is 0 Å². The number of imide groups is 1. The van der Waals surface area contributed by atoms with Crippen LogP contribution in [0.4, 0.5) is 0 Å². The maximum absolute atomic E-state index is 12.1. The molecule has 1 aromatic rings. The van der Waals surface area contributed by atoms with E-state index in [-0.39, 0.29) is 36.5 Å². The molecule has 0 saturated heterocycles. The molecule has 2 rings (SSSR count). The van der Waals surface area contributed by atoms with Crippen molar-refractivity contribution in [3.8, 4) is 0 Å². The molecule has 1 aliphatic rings. The summed E-state index contributed by atoms with van der Waals surface area (Å²) in [7, 11) is 0. The van der Waals surface area contributed by atoms with Gasteiger partial charge >= 0.3 is 0 Å². The number of nitrogens with one attached hydrogen (secondary N) is 1. The Morgan fingerprint density at radius 3 is 2.18 bits per heavy atom. The number of hydrogen-bond donors (Lipinski definition) is 1. The summed E-state index contributed by atoms with van der Waals surface area (Å²) < 4.78 is 0. The number of hydrogen-bond acceptors (Lipinski definition) is 4. The normalized spacial score (nSPS) is 13.2. The number of nitrogens with zero attached hydrogens (tertiary/aromatic N) is 1. The average molecular weight is 302 g/mol. The summed E-state index contributed by atoms with van der Waals surface area (Å²) in [5.74, 6) is -0.778. The molecule has 0 saturated carbocycles. The van der Waals surface area contributed by atoms with E-state index in [4.69, 9.17) is 0 Å². The predicted molar refractivity (Wildman–Crippen MR) is 79.4 cm³/mol. The van der Waals surface area contributed by atoms with Gasteiger partial charge in [-0.1, -0.05) is 12.1 Å². The van der Waals surface area contributed by atoms with E-state index >= 15 is 0 Å². The van der Waals surface area contributed by atoms with E-state index in [1.54, 1.807) is 24.3 Å². The van der Waals surface area contributed by atoms with Crippen molar-refractivity contribution in [2.45, 2.75) is 26.2 Å². The minimum atomic E-state index is -0.308. The lowest BCUT2D eigenvalue weighted by Gasteiger charge is -2.13. The highest BCUT2D eigenvalue weighted by Crippen LogP contribution is 2.22. The van der Waals surface area contributed by atoms with Crippen molar-refractivity contribution >= 4 is 23.5 Å².